The summed E-state index contributed by atoms with van der Waals surface area (Å²) in [6.45, 7) is 3.71. The molecule has 0 radical (unpaired) electrons. The monoisotopic (exact) mass is 464 g/mol. The fourth-order valence-electron chi connectivity index (χ4n) is 4.26. The number of aromatic nitrogens is 1. The van der Waals surface area contributed by atoms with Gasteiger partial charge in [-0.3, -0.25) is 14.5 Å². The molecule has 34 heavy (non-hydrogen) atoms. The maximum absolute atomic E-state index is 13.1. The van der Waals surface area contributed by atoms with Gasteiger partial charge in [0.1, 0.15) is 0 Å². The lowest BCUT2D eigenvalue weighted by Crippen LogP contribution is -2.34. The number of imide groups is 1. The summed E-state index contributed by atoms with van der Waals surface area (Å²) < 4.78 is 2.23. The van der Waals surface area contributed by atoms with Crippen LogP contribution in [0.5, 0.6) is 0 Å². The highest BCUT2D eigenvalue weighted by Crippen LogP contribution is 2.40. The van der Waals surface area contributed by atoms with Gasteiger partial charge in [0, 0.05) is 17.3 Å². The van der Waals surface area contributed by atoms with E-state index in [4.69, 9.17) is 0 Å². The van der Waals surface area contributed by atoms with E-state index in [0.717, 1.165) is 45.5 Å². The minimum atomic E-state index is -0.238. The third kappa shape index (κ3) is 3.99. The predicted octanol–water partition coefficient (Wildman–Crippen LogP) is 7.26. The van der Waals surface area contributed by atoms with Gasteiger partial charge in [-0.1, -0.05) is 78.9 Å². The molecule has 1 saturated heterocycles. The van der Waals surface area contributed by atoms with Crippen molar-refractivity contribution >= 4 is 29.0 Å². The number of hydrogen-bond donors (Lipinski definition) is 0. The summed E-state index contributed by atoms with van der Waals surface area (Å²) in [6.07, 6.45) is 1.86. The molecule has 4 nitrogen and oxygen atoms in total. The first-order chi connectivity index (χ1) is 16.5. The van der Waals surface area contributed by atoms with Gasteiger partial charge in [-0.2, -0.15) is 0 Å². The first-order valence-corrected chi connectivity index (χ1v) is 12.1. The van der Waals surface area contributed by atoms with E-state index in [0.29, 0.717) is 4.91 Å². The second-order valence-corrected chi connectivity index (χ2v) is 9.38. The van der Waals surface area contributed by atoms with E-state index in [1.54, 1.807) is 0 Å². The number of thioether (sulfide) groups is 1. The van der Waals surface area contributed by atoms with Crippen LogP contribution in [-0.4, -0.2) is 26.7 Å². The van der Waals surface area contributed by atoms with Crippen molar-refractivity contribution in [3.05, 3.63) is 108 Å². The summed E-state index contributed by atoms with van der Waals surface area (Å²) in [5, 5.41) is -0.224. The zero-order valence-corrected chi connectivity index (χ0v) is 19.8. The highest BCUT2D eigenvalue weighted by Gasteiger charge is 2.37. The molecule has 0 N–H and O–H groups in total. The summed E-state index contributed by atoms with van der Waals surface area (Å²) in [5.74, 6) is -0.238. The highest BCUT2D eigenvalue weighted by molar-refractivity contribution is 8.18. The van der Waals surface area contributed by atoms with E-state index in [9.17, 15) is 9.59 Å². The molecule has 0 spiro atoms. The standard InChI is InChI=1S/C29H24N2O2S/c1-20(2)30-28(32)26(34-29(30)33)19-23-18-25(21-12-6-3-7-13-21)31(24-16-10-5-11-17-24)27(23)22-14-8-4-9-15-22/h3-20H,1-2H3/b26-19+. The molecule has 0 saturated carbocycles. The van der Waals surface area contributed by atoms with Gasteiger partial charge in [0.15, 0.2) is 0 Å². The van der Waals surface area contributed by atoms with Gasteiger partial charge in [0.05, 0.1) is 16.3 Å². The molecule has 2 amide bonds. The van der Waals surface area contributed by atoms with Crippen LogP contribution in [0.4, 0.5) is 4.79 Å². The minimum Gasteiger partial charge on any atom is -0.309 e. The van der Waals surface area contributed by atoms with Gasteiger partial charge in [-0.15, -0.1) is 0 Å². The van der Waals surface area contributed by atoms with E-state index in [1.807, 2.05) is 74.5 Å². The van der Waals surface area contributed by atoms with E-state index in [-0.39, 0.29) is 17.2 Å². The third-order valence-electron chi connectivity index (χ3n) is 5.79. The molecular weight excluding hydrogens is 440 g/mol. The molecule has 1 aliphatic heterocycles. The van der Waals surface area contributed by atoms with Crippen LogP contribution in [-0.2, 0) is 4.79 Å². The Morgan fingerprint density at radius 3 is 1.88 bits per heavy atom. The molecule has 3 aromatic carbocycles. The number of para-hydroxylation sites is 1. The Kier molecular flexibility index (Phi) is 5.95. The average Bonchev–Trinajstić information content (AvgIpc) is 3.37. The second-order valence-electron chi connectivity index (χ2n) is 8.38. The van der Waals surface area contributed by atoms with Crippen molar-refractivity contribution in [2.75, 3.05) is 0 Å². The van der Waals surface area contributed by atoms with E-state index in [1.165, 1.54) is 4.90 Å². The normalized spacial score (nSPS) is 15.0. The average molecular weight is 465 g/mol. The van der Waals surface area contributed by atoms with E-state index >= 15 is 0 Å². The van der Waals surface area contributed by atoms with Gasteiger partial charge in [0.2, 0.25) is 0 Å². The topological polar surface area (TPSA) is 42.3 Å². The van der Waals surface area contributed by atoms with Crippen molar-refractivity contribution in [2.45, 2.75) is 19.9 Å². The summed E-state index contributed by atoms with van der Waals surface area (Å²) in [4.78, 5) is 27.3. The number of benzene rings is 3. The lowest BCUT2D eigenvalue weighted by Gasteiger charge is -2.16. The van der Waals surface area contributed by atoms with Crippen LogP contribution < -0.4 is 0 Å². The maximum Gasteiger partial charge on any atom is 0.293 e. The summed E-state index contributed by atoms with van der Waals surface area (Å²) in [5.41, 5.74) is 6.00. The Morgan fingerprint density at radius 2 is 1.32 bits per heavy atom. The van der Waals surface area contributed by atoms with E-state index in [2.05, 4.69) is 47.0 Å². The molecule has 5 heteroatoms. The lowest BCUT2D eigenvalue weighted by molar-refractivity contribution is -0.123. The lowest BCUT2D eigenvalue weighted by atomic mass is 10.1. The van der Waals surface area contributed by atoms with Crippen molar-refractivity contribution in [3.63, 3.8) is 0 Å². The molecule has 1 aromatic heterocycles. The minimum absolute atomic E-state index is 0.180. The second kappa shape index (κ2) is 9.20. The van der Waals surface area contributed by atoms with Crippen LogP contribution in [0, 0.1) is 0 Å². The molecule has 2 heterocycles. The van der Waals surface area contributed by atoms with Crippen molar-refractivity contribution in [1.82, 2.24) is 9.47 Å². The van der Waals surface area contributed by atoms with Crippen molar-refractivity contribution in [2.24, 2.45) is 0 Å². The van der Waals surface area contributed by atoms with Gasteiger partial charge < -0.3 is 4.57 Å². The molecule has 0 bridgehead atoms. The summed E-state index contributed by atoms with van der Waals surface area (Å²) >= 11 is 1.00. The molecule has 0 atom stereocenters. The Balaban J connectivity index is 1.78. The van der Waals surface area contributed by atoms with Crippen LogP contribution in [0.15, 0.2) is 102 Å². The van der Waals surface area contributed by atoms with Crippen molar-refractivity contribution < 1.29 is 9.59 Å². The van der Waals surface area contributed by atoms with Gasteiger partial charge >= 0.3 is 0 Å². The molecule has 0 unspecified atom stereocenters. The number of nitrogens with zero attached hydrogens (tertiary/aromatic N) is 2. The zero-order chi connectivity index (χ0) is 23.7. The quantitative estimate of drug-likeness (QED) is 0.292. The number of amides is 2. The van der Waals surface area contributed by atoms with Gasteiger partial charge in [0.25, 0.3) is 11.1 Å². The predicted molar refractivity (Wildman–Crippen MR) is 140 cm³/mol. The Labute approximate surface area is 203 Å². The fourth-order valence-corrected chi connectivity index (χ4v) is 5.22. The Bertz CT molecular complexity index is 1370. The van der Waals surface area contributed by atoms with Crippen molar-refractivity contribution in [3.8, 4) is 28.2 Å². The molecule has 1 fully saturated rings. The fraction of sp³-hybridized carbons (Fsp3) is 0.103. The number of hydrogen-bond acceptors (Lipinski definition) is 3. The molecule has 4 aromatic rings. The Hall–Kier alpha value is -3.83. The van der Waals surface area contributed by atoms with E-state index < -0.39 is 0 Å². The molecule has 1 aliphatic rings. The van der Waals surface area contributed by atoms with Gasteiger partial charge in [-0.25, -0.2) is 0 Å². The maximum atomic E-state index is 13.1. The molecule has 168 valence electrons. The third-order valence-corrected chi connectivity index (χ3v) is 6.67. The van der Waals surface area contributed by atoms with Crippen LogP contribution >= 0.6 is 11.8 Å². The van der Waals surface area contributed by atoms with Crippen LogP contribution in [0.2, 0.25) is 0 Å². The smallest absolute Gasteiger partial charge is 0.293 e. The van der Waals surface area contributed by atoms with Crippen LogP contribution in [0.3, 0.4) is 0 Å². The van der Waals surface area contributed by atoms with Crippen LogP contribution in [0.1, 0.15) is 19.4 Å². The number of carbonyl (C=O) groups excluding carboxylic acids is 2. The summed E-state index contributed by atoms with van der Waals surface area (Å²) in [7, 11) is 0. The van der Waals surface area contributed by atoms with Gasteiger partial charge in [-0.05, 0) is 61.0 Å². The number of carbonyl (C=O) groups is 2. The molecule has 0 aliphatic carbocycles. The Morgan fingerprint density at radius 1 is 0.765 bits per heavy atom. The van der Waals surface area contributed by atoms with Crippen molar-refractivity contribution in [1.29, 1.82) is 0 Å². The SMILES string of the molecule is CC(C)N1C(=O)S/C(=C/c2cc(-c3ccccc3)n(-c3ccccc3)c2-c2ccccc2)C1=O. The highest BCUT2D eigenvalue weighted by atomic mass is 32.2. The molecular formula is C29H24N2O2S. The summed E-state index contributed by atoms with van der Waals surface area (Å²) in [6, 6.07) is 32.5. The largest absolute Gasteiger partial charge is 0.309 e. The first kappa shape index (κ1) is 22.0. The van der Waals surface area contributed by atoms with Crippen LogP contribution in [0.25, 0.3) is 34.3 Å². The number of rotatable bonds is 5. The molecule has 5 rings (SSSR count). The first-order valence-electron chi connectivity index (χ1n) is 11.2. The zero-order valence-electron chi connectivity index (χ0n) is 19.0.